The first kappa shape index (κ1) is 14.0. The molecule has 1 aliphatic carbocycles. The maximum absolute atomic E-state index is 13.6. The number of rotatable bonds is 5. The van der Waals surface area contributed by atoms with Crippen molar-refractivity contribution >= 4 is 15.9 Å². The van der Waals surface area contributed by atoms with Crippen LogP contribution in [0.1, 0.15) is 31.2 Å². The van der Waals surface area contributed by atoms with Crippen molar-refractivity contribution in [2.45, 2.75) is 43.8 Å². The molecule has 0 spiro atoms. The molecule has 0 saturated heterocycles. The molecule has 0 bridgehead atoms. The topological polar surface area (TPSA) is 29.5 Å². The maximum Gasteiger partial charge on any atom is 0.127 e. The van der Waals surface area contributed by atoms with E-state index in [-0.39, 0.29) is 11.4 Å². The standard InChI is InChI=1S/C14H18BrFO2/c1-18-14(5-2-6-14)9-12(17)7-10-3-4-11(15)8-13(10)16/h3-4,8,12,17H,2,5-7,9H2,1H3. The van der Waals surface area contributed by atoms with Gasteiger partial charge in [0.1, 0.15) is 5.82 Å². The monoisotopic (exact) mass is 316 g/mol. The van der Waals surface area contributed by atoms with Crippen LogP contribution in [0.4, 0.5) is 4.39 Å². The van der Waals surface area contributed by atoms with Gasteiger partial charge in [0.2, 0.25) is 0 Å². The Morgan fingerprint density at radius 3 is 2.72 bits per heavy atom. The normalized spacial score (nSPS) is 19.3. The molecule has 2 nitrogen and oxygen atoms in total. The highest BCUT2D eigenvalue weighted by atomic mass is 79.9. The van der Waals surface area contributed by atoms with Gasteiger partial charge in [-0.2, -0.15) is 0 Å². The van der Waals surface area contributed by atoms with Gasteiger partial charge in [0, 0.05) is 24.4 Å². The van der Waals surface area contributed by atoms with Gasteiger partial charge in [-0.15, -0.1) is 0 Å². The van der Waals surface area contributed by atoms with Crippen LogP contribution in [0.25, 0.3) is 0 Å². The molecule has 0 heterocycles. The molecule has 0 amide bonds. The molecular weight excluding hydrogens is 299 g/mol. The third kappa shape index (κ3) is 3.11. The zero-order chi connectivity index (χ0) is 13.2. The molecule has 1 aromatic rings. The molecule has 1 N–H and O–H groups in total. The summed E-state index contributed by atoms with van der Waals surface area (Å²) in [5.74, 6) is -0.275. The third-order valence-electron chi connectivity index (χ3n) is 3.78. The van der Waals surface area contributed by atoms with E-state index in [1.54, 1.807) is 19.2 Å². The van der Waals surface area contributed by atoms with E-state index in [1.165, 1.54) is 6.07 Å². The van der Waals surface area contributed by atoms with E-state index in [0.29, 0.717) is 22.9 Å². The molecule has 100 valence electrons. The summed E-state index contributed by atoms with van der Waals surface area (Å²) in [5.41, 5.74) is 0.377. The van der Waals surface area contributed by atoms with Crippen LogP contribution in [0, 0.1) is 5.82 Å². The Labute approximate surface area is 115 Å². The van der Waals surface area contributed by atoms with E-state index >= 15 is 0 Å². The number of halogens is 2. The van der Waals surface area contributed by atoms with Crippen LogP contribution < -0.4 is 0 Å². The lowest BCUT2D eigenvalue weighted by Gasteiger charge is -2.41. The number of hydrogen-bond acceptors (Lipinski definition) is 2. The van der Waals surface area contributed by atoms with E-state index in [2.05, 4.69) is 15.9 Å². The first-order valence-electron chi connectivity index (χ1n) is 6.22. The van der Waals surface area contributed by atoms with Crippen molar-refractivity contribution in [3.63, 3.8) is 0 Å². The van der Waals surface area contributed by atoms with Crippen molar-refractivity contribution in [1.82, 2.24) is 0 Å². The van der Waals surface area contributed by atoms with Crippen molar-refractivity contribution in [2.75, 3.05) is 7.11 Å². The lowest BCUT2D eigenvalue weighted by Crippen LogP contribution is -2.42. The number of methoxy groups -OCH3 is 1. The molecule has 1 aliphatic rings. The predicted molar refractivity (Wildman–Crippen MR) is 72.0 cm³/mol. The molecule has 0 radical (unpaired) electrons. The van der Waals surface area contributed by atoms with Crippen LogP contribution in [0.15, 0.2) is 22.7 Å². The second-order valence-corrected chi connectivity index (χ2v) is 5.95. The summed E-state index contributed by atoms with van der Waals surface area (Å²) in [5, 5.41) is 10.1. The van der Waals surface area contributed by atoms with Crippen LogP contribution in [-0.2, 0) is 11.2 Å². The molecule has 18 heavy (non-hydrogen) atoms. The summed E-state index contributed by atoms with van der Waals surface area (Å²) in [6.07, 6.45) is 3.49. The maximum atomic E-state index is 13.6. The molecule has 1 atom stereocenters. The summed E-state index contributed by atoms with van der Waals surface area (Å²) in [4.78, 5) is 0. The van der Waals surface area contributed by atoms with Crippen molar-refractivity contribution < 1.29 is 14.2 Å². The van der Waals surface area contributed by atoms with Gasteiger partial charge < -0.3 is 9.84 Å². The van der Waals surface area contributed by atoms with Crippen LogP contribution in [-0.4, -0.2) is 23.9 Å². The molecule has 4 heteroatoms. The zero-order valence-corrected chi connectivity index (χ0v) is 12.0. The first-order valence-corrected chi connectivity index (χ1v) is 7.01. The quantitative estimate of drug-likeness (QED) is 0.901. The van der Waals surface area contributed by atoms with Crippen molar-refractivity contribution in [1.29, 1.82) is 0 Å². The molecule has 2 rings (SSSR count). The molecular formula is C14H18BrFO2. The molecule has 0 aromatic heterocycles. The van der Waals surface area contributed by atoms with Gasteiger partial charge >= 0.3 is 0 Å². The fraction of sp³-hybridized carbons (Fsp3) is 0.571. The van der Waals surface area contributed by atoms with Crippen molar-refractivity contribution in [3.8, 4) is 0 Å². The van der Waals surface area contributed by atoms with Gasteiger partial charge in [0.05, 0.1) is 11.7 Å². The number of benzene rings is 1. The lowest BCUT2D eigenvalue weighted by atomic mass is 9.75. The fourth-order valence-electron chi connectivity index (χ4n) is 2.51. The Kier molecular flexibility index (Phi) is 4.41. The molecule has 1 fully saturated rings. The second kappa shape index (κ2) is 5.68. The fourth-order valence-corrected chi connectivity index (χ4v) is 2.84. The van der Waals surface area contributed by atoms with E-state index in [4.69, 9.17) is 4.74 Å². The van der Waals surface area contributed by atoms with E-state index in [9.17, 15) is 9.50 Å². The molecule has 1 unspecified atom stereocenters. The Bertz CT molecular complexity index is 413. The summed E-state index contributed by atoms with van der Waals surface area (Å²) >= 11 is 3.22. The Morgan fingerprint density at radius 1 is 1.50 bits per heavy atom. The van der Waals surface area contributed by atoms with Crippen LogP contribution in [0.5, 0.6) is 0 Å². The average Bonchev–Trinajstić information content (AvgIpc) is 2.27. The van der Waals surface area contributed by atoms with E-state index in [1.807, 2.05) is 0 Å². The number of aliphatic hydroxyl groups excluding tert-OH is 1. The van der Waals surface area contributed by atoms with Gasteiger partial charge in [0.15, 0.2) is 0 Å². The lowest BCUT2D eigenvalue weighted by molar-refractivity contribution is -0.0989. The summed E-state index contributed by atoms with van der Waals surface area (Å²) in [6, 6.07) is 4.93. The van der Waals surface area contributed by atoms with Gasteiger partial charge in [-0.05, 0) is 37.0 Å². The van der Waals surface area contributed by atoms with Crippen LogP contribution >= 0.6 is 15.9 Å². The SMILES string of the molecule is COC1(CC(O)Cc2ccc(Br)cc2F)CCC1. The highest BCUT2D eigenvalue weighted by molar-refractivity contribution is 9.10. The highest BCUT2D eigenvalue weighted by Crippen LogP contribution is 2.39. The predicted octanol–water partition coefficient (Wildman–Crippen LogP) is 3.45. The van der Waals surface area contributed by atoms with Crippen LogP contribution in [0.3, 0.4) is 0 Å². The largest absolute Gasteiger partial charge is 0.393 e. The van der Waals surface area contributed by atoms with Gasteiger partial charge in [0.25, 0.3) is 0 Å². The zero-order valence-electron chi connectivity index (χ0n) is 10.5. The minimum Gasteiger partial charge on any atom is -0.393 e. The average molecular weight is 317 g/mol. The first-order chi connectivity index (χ1) is 8.54. The Balaban J connectivity index is 1.96. The summed E-state index contributed by atoms with van der Waals surface area (Å²) in [6.45, 7) is 0. The van der Waals surface area contributed by atoms with Crippen molar-refractivity contribution in [2.24, 2.45) is 0 Å². The Hall–Kier alpha value is -0.450. The number of hydrogen-bond donors (Lipinski definition) is 1. The molecule has 1 saturated carbocycles. The summed E-state index contributed by atoms with van der Waals surface area (Å²) < 4.78 is 19.8. The third-order valence-corrected chi connectivity index (χ3v) is 4.27. The van der Waals surface area contributed by atoms with Gasteiger partial charge in [-0.3, -0.25) is 0 Å². The minimum absolute atomic E-state index is 0.175. The Morgan fingerprint density at radius 2 is 2.22 bits per heavy atom. The molecule has 1 aromatic carbocycles. The van der Waals surface area contributed by atoms with E-state index in [0.717, 1.165) is 19.3 Å². The minimum atomic E-state index is -0.555. The number of ether oxygens (including phenoxy) is 1. The number of aliphatic hydroxyl groups is 1. The summed E-state index contributed by atoms with van der Waals surface area (Å²) in [7, 11) is 1.69. The van der Waals surface area contributed by atoms with Crippen molar-refractivity contribution in [3.05, 3.63) is 34.1 Å². The van der Waals surface area contributed by atoms with Gasteiger partial charge in [-0.25, -0.2) is 4.39 Å². The smallest absolute Gasteiger partial charge is 0.127 e. The van der Waals surface area contributed by atoms with Gasteiger partial charge in [-0.1, -0.05) is 22.0 Å². The highest BCUT2D eigenvalue weighted by Gasteiger charge is 2.38. The molecule has 0 aliphatic heterocycles. The second-order valence-electron chi connectivity index (χ2n) is 5.04. The van der Waals surface area contributed by atoms with E-state index < -0.39 is 6.10 Å². The van der Waals surface area contributed by atoms with Crippen LogP contribution in [0.2, 0.25) is 0 Å².